The maximum Gasteiger partial charge on any atom is 0.271 e. The molecule has 4 aliphatic rings. The second kappa shape index (κ2) is 6.18. The largest absolute Gasteiger partial charge is 0.271 e. The molecule has 0 atom stereocenters. The van der Waals surface area contributed by atoms with Crippen molar-refractivity contribution in [2.45, 2.75) is 51.9 Å². The van der Waals surface area contributed by atoms with Crippen molar-refractivity contribution in [2.24, 2.45) is 28.3 Å². The highest BCUT2D eigenvalue weighted by atomic mass is 35.5. The minimum absolute atomic E-state index is 0.173. The highest BCUT2D eigenvalue weighted by Gasteiger charge is 2.52. The Morgan fingerprint density at radius 1 is 1.21 bits per heavy atom. The van der Waals surface area contributed by atoms with Crippen LogP contribution in [0.5, 0.6) is 0 Å². The first-order chi connectivity index (χ1) is 11.6. The molecule has 1 aromatic rings. The van der Waals surface area contributed by atoms with Gasteiger partial charge in [0.15, 0.2) is 0 Å². The van der Waals surface area contributed by atoms with Gasteiger partial charge in [0, 0.05) is 21.7 Å². The number of benzene rings is 1. The van der Waals surface area contributed by atoms with Crippen LogP contribution in [0.2, 0.25) is 5.02 Å². The molecule has 0 unspecified atom stereocenters. The lowest BCUT2D eigenvalue weighted by molar-refractivity contribution is -0.0134. The van der Waals surface area contributed by atoms with E-state index in [0.717, 1.165) is 24.2 Å². The third kappa shape index (κ3) is 2.88. The standard InChI is InChI=1S/C20H25ClN2O/c1-2-18(22-23-19(24)16-4-3-5-17(21)9-16)20-10-13-6-14(11-20)8-15(7-13)12-20/h3-5,9,13-15H,2,6-8,10-12H2,1H3,(H,23,24)/b22-18+. The number of hydrogen-bond acceptors (Lipinski definition) is 2. The molecule has 1 N–H and O–H groups in total. The SMILES string of the molecule is CC/C(=N\NC(=O)c1cccc(Cl)c1)C12CC3CC(CC(C3)C1)C2. The Morgan fingerprint density at radius 2 is 1.83 bits per heavy atom. The number of hydrazone groups is 1. The number of rotatable bonds is 4. The van der Waals surface area contributed by atoms with Gasteiger partial charge in [-0.15, -0.1) is 0 Å². The Balaban J connectivity index is 1.53. The summed E-state index contributed by atoms with van der Waals surface area (Å²) in [7, 11) is 0. The van der Waals surface area contributed by atoms with E-state index in [1.165, 1.54) is 44.2 Å². The van der Waals surface area contributed by atoms with Crippen LogP contribution in [-0.4, -0.2) is 11.6 Å². The molecule has 0 aromatic heterocycles. The van der Waals surface area contributed by atoms with Crippen LogP contribution in [0, 0.1) is 23.2 Å². The number of carbonyl (C=O) groups excluding carboxylic acids is 1. The minimum atomic E-state index is -0.173. The van der Waals surface area contributed by atoms with Crippen molar-refractivity contribution in [1.82, 2.24) is 5.43 Å². The van der Waals surface area contributed by atoms with E-state index in [4.69, 9.17) is 11.6 Å². The van der Waals surface area contributed by atoms with Gasteiger partial charge in [-0.1, -0.05) is 24.6 Å². The summed E-state index contributed by atoms with van der Waals surface area (Å²) in [5.41, 5.74) is 4.82. The second-order valence-corrected chi connectivity index (χ2v) is 8.50. The van der Waals surface area contributed by atoms with E-state index in [1.807, 2.05) is 0 Å². The van der Waals surface area contributed by atoms with Crippen molar-refractivity contribution in [3.8, 4) is 0 Å². The molecule has 0 spiro atoms. The summed E-state index contributed by atoms with van der Waals surface area (Å²) in [5, 5.41) is 5.18. The van der Waals surface area contributed by atoms with Crippen LogP contribution in [0.15, 0.2) is 29.4 Å². The van der Waals surface area contributed by atoms with Crippen LogP contribution >= 0.6 is 11.6 Å². The Bertz CT molecular complexity index is 647. The van der Waals surface area contributed by atoms with Gasteiger partial charge in [0.1, 0.15) is 0 Å². The molecule has 4 saturated carbocycles. The summed E-state index contributed by atoms with van der Waals surface area (Å²) in [4.78, 5) is 12.4. The molecular formula is C20H25ClN2O. The van der Waals surface area contributed by atoms with Gasteiger partial charge < -0.3 is 0 Å². The quantitative estimate of drug-likeness (QED) is 0.602. The predicted molar refractivity (Wildman–Crippen MR) is 97.2 cm³/mol. The number of nitrogens with zero attached hydrogens (tertiary/aromatic N) is 1. The van der Waals surface area contributed by atoms with Crippen molar-refractivity contribution < 1.29 is 4.79 Å². The molecule has 128 valence electrons. The molecule has 1 aromatic carbocycles. The van der Waals surface area contributed by atoms with Crippen LogP contribution in [0.3, 0.4) is 0 Å². The number of amides is 1. The lowest BCUT2D eigenvalue weighted by Gasteiger charge is -2.57. The zero-order chi connectivity index (χ0) is 16.7. The van der Waals surface area contributed by atoms with Gasteiger partial charge in [0.25, 0.3) is 5.91 Å². The van der Waals surface area contributed by atoms with Crippen LogP contribution in [-0.2, 0) is 0 Å². The Hall–Kier alpha value is -1.35. The van der Waals surface area contributed by atoms with Crippen molar-refractivity contribution in [2.75, 3.05) is 0 Å². The van der Waals surface area contributed by atoms with Crippen molar-refractivity contribution in [3.63, 3.8) is 0 Å². The molecule has 1 amide bonds. The van der Waals surface area contributed by atoms with Crippen LogP contribution in [0.25, 0.3) is 0 Å². The zero-order valence-electron chi connectivity index (χ0n) is 14.2. The van der Waals surface area contributed by atoms with Gasteiger partial charge in [0.2, 0.25) is 0 Å². The molecule has 0 radical (unpaired) electrons. The van der Waals surface area contributed by atoms with Gasteiger partial charge in [0.05, 0.1) is 0 Å². The molecule has 0 heterocycles. The number of hydrogen-bond donors (Lipinski definition) is 1. The summed E-state index contributed by atoms with van der Waals surface area (Å²) in [6.45, 7) is 2.17. The topological polar surface area (TPSA) is 41.5 Å². The lowest BCUT2D eigenvalue weighted by Crippen LogP contribution is -2.50. The summed E-state index contributed by atoms with van der Waals surface area (Å²) in [6.07, 6.45) is 9.01. The predicted octanol–water partition coefficient (Wildman–Crippen LogP) is 5.05. The van der Waals surface area contributed by atoms with Crippen LogP contribution in [0.4, 0.5) is 0 Å². The average molecular weight is 345 g/mol. The molecule has 24 heavy (non-hydrogen) atoms. The molecule has 0 aliphatic heterocycles. The van der Waals surface area contributed by atoms with Crippen LogP contribution in [0.1, 0.15) is 62.2 Å². The molecule has 0 saturated heterocycles. The van der Waals surface area contributed by atoms with E-state index >= 15 is 0 Å². The van der Waals surface area contributed by atoms with Crippen molar-refractivity contribution >= 4 is 23.2 Å². The molecule has 3 nitrogen and oxygen atoms in total. The number of halogens is 1. The number of carbonyl (C=O) groups is 1. The molecule has 4 heteroatoms. The van der Waals surface area contributed by atoms with Gasteiger partial charge >= 0.3 is 0 Å². The fraction of sp³-hybridized carbons (Fsp3) is 0.600. The molecule has 4 bridgehead atoms. The Labute approximate surface area is 148 Å². The molecule has 4 fully saturated rings. The summed E-state index contributed by atoms with van der Waals surface area (Å²) in [6, 6.07) is 7.02. The Morgan fingerprint density at radius 3 is 2.38 bits per heavy atom. The maximum atomic E-state index is 12.4. The van der Waals surface area contributed by atoms with Gasteiger partial charge in [-0.2, -0.15) is 5.10 Å². The highest BCUT2D eigenvalue weighted by Crippen LogP contribution is 2.60. The fourth-order valence-electron chi connectivity index (χ4n) is 5.85. The number of nitrogens with one attached hydrogen (secondary N) is 1. The maximum absolute atomic E-state index is 12.4. The zero-order valence-corrected chi connectivity index (χ0v) is 15.0. The smallest absolute Gasteiger partial charge is 0.267 e. The molecule has 4 aliphatic carbocycles. The third-order valence-electron chi connectivity index (χ3n) is 6.36. The van der Waals surface area contributed by atoms with Crippen LogP contribution < -0.4 is 5.43 Å². The van der Waals surface area contributed by atoms with E-state index in [-0.39, 0.29) is 11.3 Å². The first-order valence-electron chi connectivity index (χ1n) is 9.21. The highest BCUT2D eigenvalue weighted by molar-refractivity contribution is 6.30. The second-order valence-electron chi connectivity index (χ2n) is 8.06. The van der Waals surface area contributed by atoms with E-state index in [2.05, 4.69) is 17.5 Å². The van der Waals surface area contributed by atoms with E-state index in [0.29, 0.717) is 10.6 Å². The van der Waals surface area contributed by atoms with Gasteiger partial charge in [-0.05, 0) is 80.9 Å². The average Bonchev–Trinajstić information content (AvgIpc) is 2.53. The first-order valence-corrected chi connectivity index (χ1v) is 9.59. The van der Waals surface area contributed by atoms with Crippen molar-refractivity contribution in [3.05, 3.63) is 34.9 Å². The minimum Gasteiger partial charge on any atom is -0.267 e. The summed E-state index contributed by atoms with van der Waals surface area (Å²) < 4.78 is 0. The monoisotopic (exact) mass is 344 g/mol. The van der Waals surface area contributed by atoms with E-state index in [9.17, 15) is 4.79 Å². The Kier molecular flexibility index (Phi) is 4.16. The lowest BCUT2D eigenvalue weighted by atomic mass is 9.48. The summed E-state index contributed by atoms with van der Waals surface area (Å²) >= 11 is 5.97. The first kappa shape index (κ1) is 16.1. The molecular weight excluding hydrogens is 320 g/mol. The van der Waals surface area contributed by atoms with Gasteiger partial charge in [-0.25, -0.2) is 5.43 Å². The van der Waals surface area contributed by atoms with Gasteiger partial charge in [-0.3, -0.25) is 4.79 Å². The summed E-state index contributed by atoms with van der Waals surface area (Å²) in [5.74, 6) is 2.48. The fourth-order valence-corrected chi connectivity index (χ4v) is 6.04. The third-order valence-corrected chi connectivity index (χ3v) is 6.60. The van der Waals surface area contributed by atoms with E-state index in [1.54, 1.807) is 24.3 Å². The van der Waals surface area contributed by atoms with Crippen molar-refractivity contribution in [1.29, 1.82) is 0 Å². The van der Waals surface area contributed by atoms with E-state index < -0.39 is 0 Å². The molecule has 5 rings (SSSR count). The normalized spacial score (nSPS) is 34.4.